The van der Waals surface area contributed by atoms with Gasteiger partial charge in [-0.1, -0.05) is 13.0 Å². The molecule has 0 aliphatic heterocycles. The SMILES string of the molecule is CCc1ccc2oc(=O)cc(CN(C)Cc3nncn3CCOC)c2c1. The van der Waals surface area contributed by atoms with Gasteiger partial charge in [0.2, 0.25) is 0 Å². The number of methoxy groups -OCH3 is 1. The molecule has 0 N–H and O–H groups in total. The number of ether oxygens (including phenoxy) is 1. The first-order chi connectivity index (χ1) is 12.6. The van der Waals surface area contributed by atoms with Gasteiger partial charge in [0.05, 0.1) is 13.2 Å². The van der Waals surface area contributed by atoms with Crippen LogP contribution in [-0.4, -0.2) is 40.4 Å². The predicted molar refractivity (Wildman–Crippen MR) is 98.9 cm³/mol. The molecular weight excluding hydrogens is 332 g/mol. The lowest BCUT2D eigenvalue weighted by molar-refractivity contribution is 0.184. The van der Waals surface area contributed by atoms with Gasteiger partial charge in [-0.25, -0.2) is 4.79 Å². The molecule has 0 aliphatic carbocycles. The van der Waals surface area contributed by atoms with Crippen molar-refractivity contribution in [1.29, 1.82) is 0 Å². The fraction of sp³-hybridized carbons (Fsp3) is 0.421. The molecule has 0 saturated carbocycles. The van der Waals surface area contributed by atoms with Gasteiger partial charge in [0.15, 0.2) is 0 Å². The summed E-state index contributed by atoms with van der Waals surface area (Å²) in [5.74, 6) is 0.867. The molecule has 0 unspecified atom stereocenters. The number of fused-ring (bicyclic) bond motifs is 1. The molecule has 7 nitrogen and oxygen atoms in total. The Morgan fingerprint density at radius 1 is 1.27 bits per heavy atom. The molecule has 0 atom stereocenters. The Balaban J connectivity index is 1.82. The van der Waals surface area contributed by atoms with Crippen LogP contribution < -0.4 is 5.63 Å². The van der Waals surface area contributed by atoms with Gasteiger partial charge in [-0.2, -0.15) is 0 Å². The fourth-order valence-electron chi connectivity index (χ4n) is 2.99. The van der Waals surface area contributed by atoms with Gasteiger partial charge in [0.25, 0.3) is 0 Å². The van der Waals surface area contributed by atoms with Gasteiger partial charge >= 0.3 is 5.63 Å². The second-order valence-corrected chi connectivity index (χ2v) is 6.38. The molecule has 3 aromatic rings. The average Bonchev–Trinajstić information content (AvgIpc) is 3.06. The minimum absolute atomic E-state index is 0.326. The smallest absolute Gasteiger partial charge is 0.336 e. The zero-order chi connectivity index (χ0) is 18.5. The molecule has 0 bridgehead atoms. The summed E-state index contributed by atoms with van der Waals surface area (Å²) < 4.78 is 12.4. The van der Waals surface area contributed by atoms with Crippen molar-refractivity contribution >= 4 is 11.0 Å². The van der Waals surface area contributed by atoms with E-state index in [1.807, 2.05) is 23.7 Å². The minimum atomic E-state index is -0.326. The van der Waals surface area contributed by atoms with E-state index in [0.29, 0.717) is 31.8 Å². The summed E-state index contributed by atoms with van der Waals surface area (Å²) in [5.41, 5.74) is 2.47. The zero-order valence-electron chi connectivity index (χ0n) is 15.4. The van der Waals surface area contributed by atoms with Crippen molar-refractivity contribution < 1.29 is 9.15 Å². The van der Waals surface area contributed by atoms with Gasteiger partial charge in [-0.15, -0.1) is 10.2 Å². The maximum atomic E-state index is 11.9. The van der Waals surface area contributed by atoms with Gasteiger partial charge in [0, 0.05) is 31.7 Å². The second-order valence-electron chi connectivity index (χ2n) is 6.38. The number of aromatic nitrogens is 3. The van der Waals surface area contributed by atoms with E-state index in [0.717, 1.165) is 23.2 Å². The first-order valence-electron chi connectivity index (χ1n) is 8.70. The molecule has 0 fully saturated rings. The second kappa shape index (κ2) is 8.25. The molecule has 0 radical (unpaired) electrons. The van der Waals surface area contributed by atoms with Crippen LogP contribution in [-0.2, 0) is 30.8 Å². The third-order valence-corrected chi connectivity index (χ3v) is 4.38. The van der Waals surface area contributed by atoms with E-state index in [-0.39, 0.29) is 5.63 Å². The predicted octanol–water partition coefficient (Wildman–Crippen LogP) is 2.23. The van der Waals surface area contributed by atoms with Crippen LogP contribution in [0.3, 0.4) is 0 Å². The quantitative estimate of drug-likeness (QED) is 0.576. The van der Waals surface area contributed by atoms with E-state index < -0.39 is 0 Å². The van der Waals surface area contributed by atoms with Gasteiger partial charge < -0.3 is 13.7 Å². The normalized spacial score (nSPS) is 11.5. The van der Waals surface area contributed by atoms with Gasteiger partial charge in [-0.3, -0.25) is 4.90 Å². The highest BCUT2D eigenvalue weighted by Crippen LogP contribution is 2.20. The molecule has 26 heavy (non-hydrogen) atoms. The van der Waals surface area contributed by atoms with Gasteiger partial charge in [0.1, 0.15) is 17.7 Å². The highest BCUT2D eigenvalue weighted by atomic mass is 16.5. The highest BCUT2D eigenvalue weighted by Gasteiger charge is 2.12. The Kier molecular flexibility index (Phi) is 5.80. The van der Waals surface area contributed by atoms with E-state index in [4.69, 9.17) is 9.15 Å². The molecule has 0 spiro atoms. The summed E-state index contributed by atoms with van der Waals surface area (Å²) in [7, 11) is 3.67. The van der Waals surface area contributed by atoms with Crippen LogP contribution in [0, 0.1) is 0 Å². The summed E-state index contributed by atoms with van der Waals surface area (Å²) in [6.45, 7) is 4.67. The topological polar surface area (TPSA) is 73.4 Å². The van der Waals surface area contributed by atoms with Crippen LogP contribution in [0.25, 0.3) is 11.0 Å². The summed E-state index contributed by atoms with van der Waals surface area (Å²) >= 11 is 0. The Morgan fingerprint density at radius 3 is 2.88 bits per heavy atom. The third-order valence-electron chi connectivity index (χ3n) is 4.38. The van der Waals surface area contributed by atoms with Crippen molar-refractivity contribution in [2.24, 2.45) is 0 Å². The van der Waals surface area contributed by atoms with Crippen LogP contribution in [0.15, 0.2) is 39.8 Å². The van der Waals surface area contributed by atoms with Crippen LogP contribution in [0.4, 0.5) is 0 Å². The molecule has 0 aliphatic rings. The van der Waals surface area contributed by atoms with Crippen molar-refractivity contribution in [2.75, 3.05) is 20.8 Å². The summed E-state index contributed by atoms with van der Waals surface area (Å²) in [5, 5.41) is 9.16. The Morgan fingerprint density at radius 2 is 2.12 bits per heavy atom. The number of hydrogen-bond donors (Lipinski definition) is 0. The van der Waals surface area contributed by atoms with Gasteiger partial charge in [-0.05, 0) is 36.7 Å². The summed E-state index contributed by atoms with van der Waals surface area (Å²) in [6, 6.07) is 7.55. The molecule has 2 heterocycles. The number of rotatable bonds is 8. The standard InChI is InChI=1S/C19H24N4O3/c1-4-14-5-6-17-16(9-14)15(10-19(24)26-17)11-22(2)12-18-21-20-13-23(18)7-8-25-3/h5-6,9-10,13H,4,7-8,11-12H2,1-3H3. The Hall–Kier alpha value is -2.51. The summed E-state index contributed by atoms with van der Waals surface area (Å²) in [4.78, 5) is 14.0. The largest absolute Gasteiger partial charge is 0.423 e. The maximum absolute atomic E-state index is 11.9. The first-order valence-corrected chi connectivity index (χ1v) is 8.70. The molecule has 7 heteroatoms. The lowest BCUT2D eigenvalue weighted by Crippen LogP contribution is -2.21. The lowest BCUT2D eigenvalue weighted by Gasteiger charge is -2.17. The third kappa shape index (κ3) is 4.17. The van der Waals surface area contributed by atoms with E-state index in [2.05, 4.69) is 28.1 Å². The van der Waals surface area contributed by atoms with Crippen molar-refractivity contribution in [3.63, 3.8) is 0 Å². The van der Waals surface area contributed by atoms with Crippen LogP contribution >= 0.6 is 0 Å². The van der Waals surface area contributed by atoms with Crippen molar-refractivity contribution in [3.05, 3.63) is 58.0 Å². The molecule has 2 aromatic heterocycles. The lowest BCUT2D eigenvalue weighted by atomic mass is 10.1. The van der Waals surface area contributed by atoms with E-state index >= 15 is 0 Å². The molecule has 1 aromatic carbocycles. The monoisotopic (exact) mass is 356 g/mol. The average molecular weight is 356 g/mol. The van der Waals surface area contributed by atoms with Crippen molar-refractivity contribution in [3.8, 4) is 0 Å². The van der Waals surface area contributed by atoms with E-state index in [1.54, 1.807) is 19.5 Å². The van der Waals surface area contributed by atoms with Crippen LogP contribution in [0.5, 0.6) is 0 Å². The molecule has 138 valence electrons. The molecule has 3 rings (SSSR count). The number of hydrogen-bond acceptors (Lipinski definition) is 6. The minimum Gasteiger partial charge on any atom is -0.423 e. The van der Waals surface area contributed by atoms with E-state index in [9.17, 15) is 4.79 Å². The Labute approximate surface area is 152 Å². The zero-order valence-corrected chi connectivity index (χ0v) is 15.4. The van der Waals surface area contributed by atoms with Crippen molar-refractivity contribution in [2.45, 2.75) is 33.0 Å². The Bertz CT molecular complexity index is 932. The van der Waals surface area contributed by atoms with E-state index in [1.165, 1.54) is 5.56 Å². The molecular formula is C19H24N4O3. The van der Waals surface area contributed by atoms with Crippen molar-refractivity contribution in [1.82, 2.24) is 19.7 Å². The maximum Gasteiger partial charge on any atom is 0.336 e. The molecule has 0 saturated heterocycles. The number of nitrogens with zero attached hydrogens (tertiary/aromatic N) is 4. The van der Waals surface area contributed by atoms with Crippen LogP contribution in [0.1, 0.15) is 23.9 Å². The number of aryl methyl sites for hydroxylation is 1. The molecule has 0 amide bonds. The highest BCUT2D eigenvalue weighted by molar-refractivity contribution is 5.80. The summed E-state index contributed by atoms with van der Waals surface area (Å²) in [6.07, 6.45) is 2.65. The number of benzene rings is 1. The van der Waals surface area contributed by atoms with Crippen LogP contribution in [0.2, 0.25) is 0 Å². The first kappa shape index (κ1) is 18.3. The fourth-order valence-corrected chi connectivity index (χ4v) is 2.99.